The summed E-state index contributed by atoms with van der Waals surface area (Å²) in [5.74, 6) is 0.223. The van der Waals surface area contributed by atoms with E-state index in [1.165, 1.54) is 0 Å². The average molecular weight is 575 g/mol. The van der Waals surface area contributed by atoms with Gasteiger partial charge in [-0.3, -0.25) is 9.69 Å². The van der Waals surface area contributed by atoms with E-state index in [1.807, 2.05) is 30.3 Å². The number of ether oxygens (including phenoxy) is 1. The third kappa shape index (κ3) is 5.37. The lowest BCUT2D eigenvalue weighted by molar-refractivity contribution is -0.157. The summed E-state index contributed by atoms with van der Waals surface area (Å²) < 4.78 is 15.3. The Bertz CT molecular complexity index is 997. The van der Waals surface area contributed by atoms with E-state index in [1.54, 1.807) is 4.90 Å². The maximum absolute atomic E-state index is 14.3. The first-order valence-corrected chi connectivity index (χ1v) is 20.0. The number of amides is 2. The number of carbonyl (C=O) groups excluding carboxylic acids is 2. The standard InChI is InChI=1S/C31H54N2O4Si2/c1-20(2)28(37-39(21(3)4,22(5)6)23(7)8)26-27(29(34)33(26)38(12,13)31(9,10)11)32-25(19-36-30(32)35)24-17-15-14-16-18-24/h14-18,20-23,25-28H,19H2,1-13H3/t25-,26-,27+,28+/m1/s1. The van der Waals surface area contributed by atoms with Gasteiger partial charge >= 0.3 is 6.09 Å². The fourth-order valence-electron chi connectivity index (χ4n) is 7.03. The molecule has 39 heavy (non-hydrogen) atoms. The molecule has 0 aliphatic carbocycles. The first-order chi connectivity index (χ1) is 17.9. The number of benzene rings is 1. The number of hydrogen-bond donors (Lipinski definition) is 0. The highest BCUT2D eigenvalue weighted by molar-refractivity contribution is 6.80. The van der Waals surface area contributed by atoms with Crippen LogP contribution in [0.15, 0.2) is 30.3 Å². The van der Waals surface area contributed by atoms with Crippen LogP contribution in [0.3, 0.4) is 0 Å². The van der Waals surface area contributed by atoms with Crippen molar-refractivity contribution in [2.24, 2.45) is 5.92 Å². The van der Waals surface area contributed by atoms with Crippen LogP contribution in [0, 0.1) is 5.92 Å². The molecule has 2 aliphatic heterocycles. The Kier molecular flexibility index (Phi) is 9.25. The van der Waals surface area contributed by atoms with E-state index >= 15 is 0 Å². The molecule has 8 heteroatoms. The van der Waals surface area contributed by atoms with Gasteiger partial charge in [0.05, 0.1) is 18.2 Å². The molecular formula is C31H54N2O4Si2. The van der Waals surface area contributed by atoms with E-state index in [-0.39, 0.29) is 41.7 Å². The van der Waals surface area contributed by atoms with Crippen LogP contribution >= 0.6 is 0 Å². The Hall–Kier alpha value is -1.65. The van der Waals surface area contributed by atoms with Gasteiger partial charge in [-0.05, 0) is 33.1 Å². The van der Waals surface area contributed by atoms with Crippen molar-refractivity contribution >= 4 is 28.6 Å². The van der Waals surface area contributed by atoms with E-state index in [0.717, 1.165) is 5.56 Å². The van der Waals surface area contributed by atoms with Gasteiger partial charge in [0, 0.05) is 0 Å². The van der Waals surface area contributed by atoms with Gasteiger partial charge in [-0.25, -0.2) is 4.79 Å². The van der Waals surface area contributed by atoms with Gasteiger partial charge in [0.15, 0.2) is 8.24 Å². The average Bonchev–Trinajstić information content (AvgIpc) is 3.18. The number of cyclic esters (lactones) is 1. The Morgan fingerprint density at radius 3 is 1.85 bits per heavy atom. The van der Waals surface area contributed by atoms with Crippen LogP contribution < -0.4 is 0 Å². The minimum Gasteiger partial charge on any atom is -0.447 e. The molecule has 2 fully saturated rings. The molecule has 0 N–H and O–H groups in total. The van der Waals surface area contributed by atoms with Crippen LogP contribution in [0.4, 0.5) is 4.79 Å². The van der Waals surface area contributed by atoms with Crippen LogP contribution in [-0.4, -0.2) is 62.8 Å². The van der Waals surface area contributed by atoms with Crippen molar-refractivity contribution in [1.82, 2.24) is 9.47 Å². The fourth-order valence-corrected chi connectivity index (χ4v) is 15.2. The second-order valence-corrected chi connectivity index (χ2v) is 25.0. The Labute approximate surface area is 240 Å². The smallest absolute Gasteiger partial charge is 0.411 e. The van der Waals surface area contributed by atoms with E-state index in [2.05, 4.69) is 93.8 Å². The van der Waals surface area contributed by atoms with Crippen LogP contribution in [-0.2, 0) is 14.0 Å². The van der Waals surface area contributed by atoms with E-state index in [9.17, 15) is 9.59 Å². The lowest BCUT2D eigenvalue weighted by Crippen LogP contribution is -2.82. The first-order valence-electron chi connectivity index (χ1n) is 14.9. The summed E-state index contributed by atoms with van der Waals surface area (Å²) in [5.41, 5.74) is 2.26. The molecule has 4 atom stereocenters. The molecule has 2 heterocycles. The molecule has 0 unspecified atom stereocenters. The van der Waals surface area contributed by atoms with Crippen molar-refractivity contribution in [2.45, 2.75) is 135 Å². The topological polar surface area (TPSA) is 59.1 Å². The van der Waals surface area contributed by atoms with Gasteiger partial charge in [0.25, 0.3) is 0 Å². The zero-order chi connectivity index (χ0) is 29.7. The van der Waals surface area contributed by atoms with Gasteiger partial charge < -0.3 is 13.7 Å². The number of carbonyl (C=O) groups is 2. The molecular weight excluding hydrogens is 521 g/mol. The first kappa shape index (κ1) is 31.9. The monoisotopic (exact) mass is 574 g/mol. The molecule has 3 rings (SSSR count). The van der Waals surface area contributed by atoms with Gasteiger partial charge in [-0.2, -0.15) is 0 Å². The van der Waals surface area contributed by atoms with Gasteiger partial charge in [-0.15, -0.1) is 0 Å². The molecule has 1 aromatic rings. The highest BCUT2D eigenvalue weighted by Crippen LogP contribution is 2.50. The third-order valence-corrected chi connectivity index (χ3v) is 21.5. The summed E-state index contributed by atoms with van der Waals surface area (Å²) in [7, 11) is -4.57. The zero-order valence-corrected chi connectivity index (χ0v) is 28.7. The highest BCUT2D eigenvalue weighted by Gasteiger charge is 2.65. The van der Waals surface area contributed by atoms with E-state index in [4.69, 9.17) is 9.16 Å². The number of nitrogens with zero attached hydrogens (tertiary/aromatic N) is 2. The summed E-state index contributed by atoms with van der Waals surface area (Å²) in [6, 6.07) is 8.88. The van der Waals surface area contributed by atoms with Crippen LogP contribution in [0.25, 0.3) is 0 Å². The van der Waals surface area contributed by atoms with E-state index < -0.39 is 28.7 Å². The van der Waals surface area contributed by atoms with Crippen LogP contribution in [0.5, 0.6) is 0 Å². The van der Waals surface area contributed by atoms with Crippen molar-refractivity contribution in [1.29, 1.82) is 0 Å². The largest absolute Gasteiger partial charge is 0.447 e. The molecule has 220 valence electrons. The van der Waals surface area contributed by atoms with Crippen LogP contribution in [0.2, 0.25) is 34.8 Å². The summed E-state index contributed by atoms with van der Waals surface area (Å²) >= 11 is 0. The summed E-state index contributed by atoms with van der Waals surface area (Å²) in [6.07, 6.45) is -0.574. The van der Waals surface area contributed by atoms with Crippen LogP contribution in [0.1, 0.15) is 87.8 Å². The molecule has 0 saturated carbocycles. The van der Waals surface area contributed by atoms with Crippen molar-refractivity contribution in [3.63, 3.8) is 0 Å². The molecule has 6 nitrogen and oxygen atoms in total. The lowest BCUT2D eigenvalue weighted by Gasteiger charge is -2.63. The number of rotatable bonds is 10. The predicted molar refractivity (Wildman–Crippen MR) is 165 cm³/mol. The minimum atomic E-state index is -2.29. The van der Waals surface area contributed by atoms with Crippen molar-refractivity contribution in [2.75, 3.05) is 6.61 Å². The maximum Gasteiger partial charge on any atom is 0.411 e. The Morgan fingerprint density at radius 1 is 0.897 bits per heavy atom. The summed E-state index contributed by atoms with van der Waals surface area (Å²) in [5, 5.41) is -0.0412. The SMILES string of the molecule is CC(C)[C@H](O[Si](C(C)C)(C(C)C)C(C)C)[C@H]1[C@H](N2C(=O)OC[C@@H]2c2ccccc2)C(=O)N1[Si](C)(C)C(C)(C)C. The summed E-state index contributed by atoms with van der Waals surface area (Å²) in [6.45, 7) is 29.8. The lowest BCUT2D eigenvalue weighted by atomic mass is 9.85. The summed E-state index contributed by atoms with van der Waals surface area (Å²) in [4.78, 5) is 29.4. The van der Waals surface area contributed by atoms with Gasteiger partial charge in [-0.1, -0.05) is 120 Å². The molecule has 2 aliphatic rings. The molecule has 0 radical (unpaired) electrons. The number of β-lactam (4-membered cyclic amide) rings is 1. The van der Waals surface area contributed by atoms with Crippen molar-refractivity contribution in [3.8, 4) is 0 Å². The molecule has 2 saturated heterocycles. The fraction of sp³-hybridized carbons (Fsp3) is 0.742. The molecule has 1 aromatic carbocycles. The molecule has 2 amide bonds. The second-order valence-electron chi connectivity index (χ2n) is 14.5. The van der Waals surface area contributed by atoms with Crippen molar-refractivity contribution in [3.05, 3.63) is 35.9 Å². The quantitative estimate of drug-likeness (QED) is 0.210. The maximum atomic E-state index is 14.3. The highest BCUT2D eigenvalue weighted by atomic mass is 28.4. The van der Waals surface area contributed by atoms with E-state index in [0.29, 0.717) is 16.6 Å². The Balaban J connectivity index is 2.18. The number of hydrogen-bond acceptors (Lipinski definition) is 4. The van der Waals surface area contributed by atoms with Gasteiger partial charge in [0.2, 0.25) is 14.2 Å². The second kappa shape index (κ2) is 11.3. The zero-order valence-electron chi connectivity index (χ0n) is 26.7. The molecule has 0 bridgehead atoms. The Morgan fingerprint density at radius 2 is 1.41 bits per heavy atom. The van der Waals surface area contributed by atoms with Gasteiger partial charge in [0.1, 0.15) is 12.6 Å². The molecule has 0 spiro atoms. The predicted octanol–water partition coefficient (Wildman–Crippen LogP) is 7.98. The van der Waals surface area contributed by atoms with Crippen molar-refractivity contribution < 1.29 is 18.8 Å². The molecule has 0 aromatic heterocycles. The minimum absolute atomic E-state index is 0.0412. The normalized spacial score (nSPS) is 23.8. The third-order valence-electron chi connectivity index (χ3n) is 9.99.